The average molecular weight is 322 g/mol. The zero-order valence-electron chi connectivity index (χ0n) is 9.43. The minimum Gasteiger partial charge on any atom is -0.365 e. The molecule has 0 saturated carbocycles. The standard InChI is InChI=1S/C11H16BrNO3S/c12-7-4-8-16-10-13-17(14,15)9-11-5-2-1-3-6-11/h1-3,5-6,13H,4,7-10H2. The fourth-order valence-corrected chi connectivity index (χ4v) is 2.43. The molecule has 4 nitrogen and oxygen atoms in total. The van der Waals surface area contributed by atoms with E-state index in [0.717, 1.165) is 17.3 Å². The van der Waals surface area contributed by atoms with Crippen molar-refractivity contribution in [3.63, 3.8) is 0 Å². The zero-order valence-corrected chi connectivity index (χ0v) is 11.8. The Morgan fingerprint density at radius 2 is 1.94 bits per heavy atom. The third-order valence-corrected chi connectivity index (χ3v) is 3.83. The van der Waals surface area contributed by atoms with Gasteiger partial charge in [0.15, 0.2) is 0 Å². The molecule has 0 unspecified atom stereocenters. The first-order chi connectivity index (χ1) is 8.14. The zero-order chi connectivity index (χ0) is 12.6. The van der Waals surface area contributed by atoms with Gasteiger partial charge in [-0.25, -0.2) is 8.42 Å². The molecule has 6 heteroatoms. The van der Waals surface area contributed by atoms with E-state index in [1.54, 1.807) is 12.1 Å². The first-order valence-electron chi connectivity index (χ1n) is 5.29. The second kappa shape index (κ2) is 7.81. The smallest absolute Gasteiger partial charge is 0.217 e. The molecule has 1 aromatic carbocycles. The minimum absolute atomic E-state index is 0.0182. The largest absolute Gasteiger partial charge is 0.365 e. The number of sulfonamides is 1. The quantitative estimate of drug-likeness (QED) is 0.452. The Hall–Kier alpha value is -0.430. The number of hydrogen-bond acceptors (Lipinski definition) is 3. The van der Waals surface area contributed by atoms with Crippen LogP contribution in [-0.4, -0.2) is 27.1 Å². The highest BCUT2D eigenvalue weighted by molar-refractivity contribution is 9.09. The van der Waals surface area contributed by atoms with Gasteiger partial charge in [0.1, 0.15) is 6.73 Å². The maximum absolute atomic E-state index is 11.6. The summed E-state index contributed by atoms with van der Waals surface area (Å²) in [6.07, 6.45) is 0.862. The minimum atomic E-state index is -3.31. The van der Waals surface area contributed by atoms with E-state index in [1.165, 1.54) is 0 Å². The van der Waals surface area contributed by atoms with Crippen molar-refractivity contribution < 1.29 is 13.2 Å². The maximum atomic E-state index is 11.6. The summed E-state index contributed by atoms with van der Waals surface area (Å²) in [6.45, 7) is 0.571. The molecule has 0 saturated heterocycles. The van der Waals surface area contributed by atoms with E-state index in [1.807, 2.05) is 18.2 Å². The summed E-state index contributed by atoms with van der Waals surface area (Å²) < 4.78 is 30.8. The van der Waals surface area contributed by atoms with Crippen molar-refractivity contribution in [1.82, 2.24) is 4.72 Å². The molecule has 1 N–H and O–H groups in total. The van der Waals surface area contributed by atoms with Crippen molar-refractivity contribution >= 4 is 26.0 Å². The first-order valence-corrected chi connectivity index (χ1v) is 8.06. The topological polar surface area (TPSA) is 55.4 Å². The van der Waals surface area contributed by atoms with Gasteiger partial charge >= 0.3 is 0 Å². The Morgan fingerprint density at radius 1 is 1.24 bits per heavy atom. The Morgan fingerprint density at radius 3 is 2.59 bits per heavy atom. The number of benzene rings is 1. The number of hydrogen-bond donors (Lipinski definition) is 1. The van der Waals surface area contributed by atoms with Crippen molar-refractivity contribution in [3.05, 3.63) is 35.9 Å². The number of alkyl halides is 1. The van der Waals surface area contributed by atoms with Crippen LogP contribution in [0.3, 0.4) is 0 Å². The molecule has 1 rings (SSSR count). The molecule has 0 atom stereocenters. The second-order valence-corrected chi connectivity index (χ2v) is 6.08. The first kappa shape index (κ1) is 14.6. The van der Waals surface area contributed by atoms with Crippen LogP contribution in [0.15, 0.2) is 30.3 Å². The maximum Gasteiger partial charge on any atom is 0.217 e. The molecule has 0 fully saturated rings. The molecule has 0 radical (unpaired) electrons. The summed E-state index contributed by atoms with van der Waals surface area (Å²) in [4.78, 5) is 0. The van der Waals surface area contributed by atoms with Gasteiger partial charge in [-0.05, 0) is 12.0 Å². The van der Waals surface area contributed by atoms with Gasteiger partial charge in [0.25, 0.3) is 0 Å². The number of rotatable bonds is 8. The van der Waals surface area contributed by atoms with Crippen LogP contribution in [0.25, 0.3) is 0 Å². The van der Waals surface area contributed by atoms with Gasteiger partial charge in [0.2, 0.25) is 10.0 Å². The predicted molar refractivity (Wildman–Crippen MR) is 71.4 cm³/mol. The summed E-state index contributed by atoms with van der Waals surface area (Å²) in [5.74, 6) is -0.0182. The predicted octanol–water partition coefficient (Wildman–Crippen LogP) is 1.87. The SMILES string of the molecule is O=S(=O)(Cc1ccccc1)NCOCCCBr. The lowest BCUT2D eigenvalue weighted by molar-refractivity contribution is 0.132. The Kier molecular flexibility index (Phi) is 6.72. The van der Waals surface area contributed by atoms with Crippen molar-refractivity contribution in [2.45, 2.75) is 12.2 Å². The number of ether oxygens (including phenoxy) is 1. The van der Waals surface area contributed by atoms with Crippen molar-refractivity contribution in [3.8, 4) is 0 Å². The summed E-state index contributed by atoms with van der Waals surface area (Å²) in [5.41, 5.74) is 0.764. The summed E-state index contributed by atoms with van der Waals surface area (Å²) in [6, 6.07) is 9.05. The average Bonchev–Trinajstić information content (AvgIpc) is 2.29. The Labute approximate surface area is 111 Å². The van der Waals surface area contributed by atoms with Gasteiger partial charge in [0.05, 0.1) is 5.75 Å². The second-order valence-electron chi connectivity index (χ2n) is 3.48. The fraction of sp³-hybridized carbons (Fsp3) is 0.455. The van der Waals surface area contributed by atoms with Crippen molar-refractivity contribution in [2.24, 2.45) is 0 Å². The van der Waals surface area contributed by atoms with Crippen molar-refractivity contribution in [2.75, 3.05) is 18.7 Å². The molecule has 0 bridgehead atoms. The van der Waals surface area contributed by atoms with Crippen LogP contribution in [0.4, 0.5) is 0 Å². The van der Waals surface area contributed by atoms with E-state index in [9.17, 15) is 8.42 Å². The van der Waals surface area contributed by atoms with E-state index in [2.05, 4.69) is 20.7 Å². The molecule has 0 aliphatic heterocycles. The van der Waals surface area contributed by atoms with Gasteiger partial charge in [0, 0.05) is 11.9 Å². The van der Waals surface area contributed by atoms with Gasteiger partial charge < -0.3 is 4.74 Å². The van der Waals surface area contributed by atoms with Gasteiger partial charge in [-0.3, -0.25) is 0 Å². The normalized spacial score (nSPS) is 11.6. The van der Waals surface area contributed by atoms with Gasteiger partial charge in [-0.1, -0.05) is 46.3 Å². The molecule has 0 heterocycles. The molecule has 0 aromatic heterocycles. The molecule has 0 amide bonds. The lowest BCUT2D eigenvalue weighted by Crippen LogP contribution is -2.27. The van der Waals surface area contributed by atoms with Crippen LogP contribution in [0.2, 0.25) is 0 Å². The van der Waals surface area contributed by atoms with E-state index in [-0.39, 0.29) is 12.5 Å². The van der Waals surface area contributed by atoms with Gasteiger partial charge in [-0.15, -0.1) is 0 Å². The highest BCUT2D eigenvalue weighted by Gasteiger charge is 2.10. The van der Waals surface area contributed by atoms with Gasteiger partial charge in [-0.2, -0.15) is 4.72 Å². The lowest BCUT2D eigenvalue weighted by atomic mass is 10.2. The summed E-state index contributed by atoms with van der Waals surface area (Å²) in [7, 11) is -3.31. The monoisotopic (exact) mass is 321 g/mol. The molecule has 17 heavy (non-hydrogen) atoms. The fourth-order valence-electron chi connectivity index (χ4n) is 1.20. The Balaban J connectivity index is 2.32. The molecule has 96 valence electrons. The van der Waals surface area contributed by atoms with E-state index in [0.29, 0.717) is 6.61 Å². The van der Waals surface area contributed by atoms with E-state index < -0.39 is 10.0 Å². The van der Waals surface area contributed by atoms with E-state index in [4.69, 9.17) is 4.74 Å². The Bertz CT molecular complexity index is 408. The van der Waals surface area contributed by atoms with Crippen LogP contribution in [-0.2, 0) is 20.5 Å². The molecular weight excluding hydrogens is 306 g/mol. The van der Waals surface area contributed by atoms with Crippen LogP contribution >= 0.6 is 15.9 Å². The number of nitrogens with one attached hydrogen (secondary N) is 1. The van der Waals surface area contributed by atoms with E-state index >= 15 is 0 Å². The van der Waals surface area contributed by atoms with Crippen LogP contribution in [0, 0.1) is 0 Å². The van der Waals surface area contributed by atoms with Crippen LogP contribution in [0.1, 0.15) is 12.0 Å². The summed E-state index contributed by atoms with van der Waals surface area (Å²) in [5, 5.41) is 0.851. The highest BCUT2D eigenvalue weighted by atomic mass is 79.9. The van der Waals surface area contributed by atoms with Crippen LogP contribution < -0.4 is 4.72 Å². The molecule has 0 aliphatic rings. The lowest BCUT2D eigenvalue weighted by Gasteiger charge is -2.07. The third kappa shape index (κ3) is 6.78. The molecule has 0 aliphatic carbocycles. The molecule has 0 spiro atoms. The van der Waals surface area contributed by atoms with Crippen molar-refractivity contribution in [1.29, 1.82) is 0 Å². The highest BCUT2D eigenvalue weighted by Crippen LogP contribution is 2.03. The van der Waals surface area contributed by atoms with Crippen LogP contribution in [0.5, 0.6) is 0 Å². The molecular formula is C11H16BrNO3S. The number of halogens is 1. The third-order valence-electron chi connectivity index (χ3n) is 2.00. The molecule has 1 aromatic rings. The summed E-state index contributed by atoms with van der Waals surface area (Å²) >= 11 is 3.27.